The molecule has 0 saturated heterocycles. The maximum Gasteiger partial charge on any atom is 0.314 e. The molecule has 1 aliphatic carbocycles. The second-order valence-corrected chi connectivity index (χ2v) is 4.05. The molecule has 4 heteroatoms. The minimum atomic E-state index is -0.936. The third kappa shape index (κ3) is 1.36. The fourth-order valence-corrected chi connectivity index (χ4v) is 2.06. The van der Waals surface area contributed by atoms with Crippen LogP contribution in [0, 0.1) is 17.1 Å². The van der Waals surface area contributed by atoms with E-state index in [1.54, 1.807) is 6.07 Å². The number of carboxylic acids is 1. The first-order chi connectivity index (χ1) is 7.60. The van der Waals surface area contributed by atoms with Crippen LogP contribution in [0.3, 0.4) is 0 Å². The maximum atomic E-state index is 13.4. The number of nitriles is 1. The van der Waals surface area contributed by atoms with Crippen molar-refractivity contribution in [2.75, 3.05) is 0 Å². The first-order valence-electron chi connectivity index (χ1n) is 5.04. The van der Waals surface area contributed by atoms with Crippen molar-refractivity contribution in [3.05, 3.63) is 35.1 Å². The molecule has 0 aliphatic heterocycles. The molecule has 0 unspecified atom stereocenters. The van der Waals surface area contributed by atoms with Crippen LogP contribution in [0.4, 0.5) is 4.39 Å². The van der Waals surface area contributed by atoms with Gasteiger partial charge in [0.2, 0.25) is 0 Å². The topological polar surface area (TPSA) is 61.1 Å². The number of aliphatic carboxylic acids is 1. The molecule has 82 valence electrons. The van der Waals surface area contributed by atoms with Crippen molar-refractivity contribution in [1.82, 2.24) is 0 Å². The van der Waals surface area contributed by atoms with Crippen molar-refractivity contribution in [2.24, 2.45) is 0 Å². The van der Waals surface area contributed by atoms with Gasteiger partial charge in [-0.3, -0.25) is 4.79 Å². The van der Waals surface area contributed by atoms with Crippen molar-refractivity contribution in [3.8, 4) is 6.07 Å². The summed E-state index contributed by atoms with van der Waals surface area (Å²) < 4.78 is 13.4. The van der Waals surface area contributed by atoms with Gasteiger partial charge < -0.3 is 5.11 Å². The van der Waals surface area contributed by atoms with Crippen molar-refractivity contribution < 1.29 is 14.3 Å². The second-order valence-electron chi connectivity index (χ2n) is 4.05. The first kappa shape index (κ1) is 10.6. The Morgan fingerprint density at radius 2 is 2.19 bits per heavy atom. The summed E-state index contributed by atoms with van der Waals surface area (Å²) >= 11 is 0. The zero-order chi connectivity index (χ0) is 11.8. The summed E-state index contributed by atoms with van der Waals surface area (Å²) in [6, 6.07) is 5.77. The van der Waals surface area contributed by atoms with Crippen LogP contribution in [0.2, 0.25) is 0 Å². The number of nitrogens with zero attached hydrogens (tertiary/aromatic N) is 1. The smallest absolute Gasteiger partial charge is 0.314 e. The summed E-state index contributed by atoms with van der Waals surface area (Å²) in [6.07, 6.45) is 1.91. The van der Waals surface area contributed by atoms with Gasteiger partial charge in [0.05, 0.1) is 11.0 Å². The minimum Gasteiger partial charge on any atom is -0.481 e. The average molecular weight is 219 g/mol. The Hall–Kier alpha value is -1.89. The van der Waals surface area contributed by atoms with Gasteiger partial charge in [-0.15, -0.1) is 0 Å². The molecule has 1 N–H and O–H groups in total. The van der Waals surface area contributed by atoms with Crippen molar-refractivity contribution in [2.45, 2.75) is 24.7 Å². The number of hydrogen-bond acceptors (Lipinski definition) is 2. The fraction of sp³-hybridized carbons (Fsp3) is 0.333. The summed E-state index contributed by atoms with van der Waals surface area (Å²) in [6.45, 7) is 0. The predicted octanol–water partition coefficient (Wildman–Crippen LogP) is 2.20. The summed E-state index contributed by atoms with van der Waals surface area (Å²) in [5.74, 6) is -1.56. The highest BCUT2D eigenvalue weighted by molar-refractivity contribution is 5.82. The number of carboxylic acid groups (broad SMARTS) is 1. The summed E-state index contributed by atoms with van der Waals surface area (Å²) in [5, 5.41) is 17.8. The molecule has 0 spiro atoms. The molecule has 3 nitrogen and oxygen atoms in total. The third-order valence-electron chi connectivity index (χ3n) is 3.26. The molecule has 0 bridgehead atoms. The Bertz CT molecular complexity index is 486. The van der Waals surface area contributed by atoms with Crippen LogP contribution >= 0.6 is 0 Å². The van der Waals surface area contributed by atoms with E-state index >= 15 is 0 Å². The number of benzene rings is 1. The molecule has 0 amide bonds. The molecule has 1 saturated carbocycles. The molecule has 0 aromatic heterocycles. The van der Waals surface area contributed by atoms with Crippen molar-refractivity contribution in [1.29, 1.82) is 5.26 Å². The molecule has 1 aromatic carbocycles. The monoisotopic (exact) mass is 219 g/mol. The Morgan fingerprint density at radius 3 is 2.56 bits per heavy atom. The number of rotatable bonds is 2. The molecule has 1 fully saturated rings. The van der Waals surface area contributed by atoms with Crippen LogP contribution in [-0.2, 0) is 10.2 Å². The average Bonchev–Trinajstić information content (AvgIpc) is 2.15. The van der Waals surface area contributed by atoms with Crippen LogP contribution in [0.25, 0.3) is 0 Å². The van der Waals surface area contributed by atoms with Gasteiger partial charge in [0.15, 0.2) is 0 Å². The highest BCUT2D eigenvalue weighted by atomic mass is 19.1. The van der Waals surface area contributed by atoms with Gasteiger partial charge in [-0.25, -0.2) is 4.39 Å². The predicted molar refractivity (Wildman–Crippen MR) is 54.3 cm³/mol. The van der Waals surface area contributed by atoms with Crippen LogP contribution in [0.15, 0.2) is 18.2 Å². The van der Waals surface area contributed by atoms with Gasteiger partial charge in [-0.1, -0.05) is 12.5 Å². The minimum absolute atomic E-state index is 0.0522. The van der Waals surface area contributed by atoms with Crippen molar-refractivity contribution >= 4 is 5.97 Å². The molecular formula is C12H10FNO2. The molecule has 0 atom stereocenters. The lowest BCUT2D eigenvalue weighted by Crippen LogP contribution is -2.42. The molecule has 2 rings (SSSR count). The van der Waals surface area contributed by atoms with Gasteiger partial charge in [0, 0.05) is 0 Å². The van der Waals surface area contributed by atoms with E-state index < -0.39 is 17.2 Å². The van der Waals surface area contributed by atoms with E-state index in [0.29, 0.717) is 18.4 Å². The Labute approximate surface area is 92.1 Å². The highest BCUT2D eigenvalue weighted by Crippen LogP contribution is 2.44. The lowest BCUT2D eigenvalue weighted by atomic mass is 9.64. The number of hydrogen-bond donors (Lipinski definition) is 1. The summed E-state index contributed by atoms with van der Waals surface area (Å²) in [7, 11) is 0. The second kappa shape index (κ2) is 3.60. The molecule has 0 heterocycles. The highest BCUT2D eigenvalue weighted by Gasteiger charge is 2.46. The molecular weight excluding hydrogens is 209 g/mol. The van der Waals surface area contributed by atoms with E-state index in [9.17, 15) is 9.18 Å². The number of halogens is 1. The van der Waals surface area contributed by atoms with Gasteiger partial charge in [-0.05, 0) is 30.5 Å². The normalized spacial score (nSPS) is 17.2. The van der Waals surface area contributed by atoms with E-state index in [1.807, 2.05) is 0 Å². The third-order valence-corrected chi connectivity index (χ3v) is 3.26. The molecule has 1 aromatic rings. The van der Waals surface area contributed by atoms with Gasteiger partial charge in [0.25, 0.3) is 0 Å². The van der Waals surface area contributed by atoms with Crippen LogP contribution in [-0.4, -0.2) is 11.1 Å². The van der Waals surface area contributed by atoms with E-state index in [1.165, 1.54) is 18.2 Å². The Balaban J connectivity index is 2.45. The van der Waals surface area contributed by atoms with Gasteiger partial charge in [0.1, 0.15) is 11.9 Å². The van der Waals surface area contributed by atoms with Crippen molar-refractivity contribution in [3.63, 3.8) is 0 Å². The first-order valence-corrected chi connectivity index (χ1v) is 5.04. The quantitative estimate of drug-likeness (QED) is 0.829. The van der Waals surface area contributed by atoms with Crippen LogP contribution < -0.4 is 0 Å². The van der Waals surface area contributed by atoms with Gasteiger partial charge >= 0.3 is 5.97 Å². The lowest BCUT2D eigenvalue weighted by Gasteiger charge is -2.38. The zero-order valence-corrected chi connectivity index (χ0v) is 8.53. The molecule has 1 aliphatic rings. The summed E-state index contributed by atoms with van der Waals surface area (Å²) in [4.78, 5) is 11.2. The van der Waals surface area contributed by atoms with Gasteiger partial charge in [-0.2, -0.15) is 5.26 Å². The zero-order valence-electron chi connectivity index (χ0n) is 8.53. The SMILES string of the molecule is N#Cc1ccc(C2(C(=O)O)CCC2)cc1F. The standard InChI is InChI=1S/C12H10FNO2/c13-10-6-9(3-2-8(10)7-14)12(11(15)16)4-1-5-12/h2-3,6H,1,4-5H2,(H,15,16). The van der Waals surface area contributed by atoms with Crippen LogP contribution in [0.5, 0.6) is 0 Å². The summed E-state index contributed by atoms with van der Waals surface area (Å²) in [5.41, 5.74) is -0.527. The van der Waals surface area contributed by atoms with Crippen LogP contribution in [0.1, 0.15) is 30.4 Å². The maximum absolute atomic E-state index is 13.4. The molecule has 16 heavy (non-hydrogen) atoms. The van der Waals surface area contributed by atoms with E-state index in [4.69, 9.17) is 10.4 Å². The van der Waals surface area contributed by atoms with E-state index in [2.05, 4.69) is 0 Å². The lowest BCUT2D eigenvalue weighted by molar-refractivity contribution is -0.147. The Morgan fingerprint density at radius 1 is 1.50 bits per heavy atom. The Kier molecular flexibility index (Phi) is 2.39. The number of carbonyl (C=O) groups is 1. The largest absolute Gasteiger partial charge is 0.481 e. The van der Waals surface area contributed by atoms with E-state index in [0.717, 1.165) is 6.42 Å². The molecule has 0 radical (unpaired) electrons. The fourth-order valence-electron chi connectivity index (χ4n) is 2.06. The van der Waals surface area contributed by atoms with E-state index in [-0.39, 0.29) is 5.56 Å².